The van der Waals surface area contributed by atoms with Crippen LogP contribution >= 0.6 is 34.7 Å². The predicted molar refractivity (Wildman–Crippen MR) is 61.9 cm³/mol. The Morgan fingerprint density at radius 1 is 1.38 bits per heavy atom. The quantitative estimate of drug-likeness (QED) is 0.773. The minimum absolute atomic E-state index is 0.881. The Balaban J connectivity index is 1.89. The van der Waals surface area contributed by atoms with Crippen LogP contribution in [0.4, 0.5) is 0 Å². The Labute approximate surface area is 92.1 Å². The van der Waals surface area contributed by atoms with E-state index in [-0.39, 0.29) is 0 Å². The molecule has 1 aromatic rings. The highest BCUT2D eigenvalue weighted by Crippen LogP contribution is 2.21. The molecule has 0 aliphatic carbocycles. The third-order valence-corrected chi connectivity index (χ3v) is 4.32. The molecule has 1 aliphatic rings. The molecule has 13 heavy (non-hydrogen) atoms. The van der Waals surface area contributed by atoms with Crippen molar-refractivity contribution < 1.29 is 0 Å². The largest absolute Gasteiger partial charge is 0.297 e. The first-order valence-electron chi connectivity index (χ1n) is 4.37. The van der Waals surface area contributed by atoms with Crippen LogP contribution in [0.15, 0.2) is 11.4 Å². The minimum atomic E-state index is 0.881. The van der Waals surface area contributed by atoms with Crippen molar-refractivity contribution in [3.05, 3.63) is 21.3 Å². The summed E-state index contributed by atoms with van der Waals surface area (Å²) < 4.78 is 0. The normalized spacial score (nSPS) is 19.2. The SMILES string of the molecule is Clc1csc(CN2CCSCC2)c1. The van der Waals surface area contributed by atoms with E-state index < -0.39 is 0 Å². The van der Waals surface area contributed by atoms with Crippen LogP contribution in [0.2, 0.25) is 5.02 Å². The average Bonchev–Trinajstić information content (AvgIpc) is 2.53. The molecule has 1 aromatic heterocycles. The fourth-order valence-corrected chi connectivity index (χ4v) is 3.51. The zero-order valence-electron chi connectivity index (χ0n) is 7.33. The van der Waals surface area contributed by atoms with Crippen LogP contribution in [0.1, 0.15) is 4.88 Å². The summed E-state index contributed by atoms with van der Waals surface area (Å²) in [6.07, 6.45) is 0. The third kappa shape index (κ3) is 2.88. The summed E-state index contributed by atoms with van der Waals surface area (Å²) in [6.45, 7) is 3.53. The number of halogens is 1. The molecule has 1 saturated heterocycles. The molecule has 72 valence electrons. The van der Waals surface area contributed by atoms with E-state index in [1.54, 1.807) is 11.3 Å². The third-order valence-electron chi connectivity index (χ3n) is 2.10. The van der Waals surface area contributed by atoms with E-state index in [2.05, 4.69) is 22.7 Å². The summed E-state index contributed by atoms with van der Waals surface area (Å²) in [4.78, 5) is 3.88. The van der Waals surface area contributed by atoms with Gasteiger partial charge in [0.05, 0.1) is 5.02 Å². The van der Waals surface area contributed by atoms with Gasteiger partial charge in [-0.1, -0.05) is 11.6 Å². The first-order valence-corrected chi connectivity index (χ1v) is 6.79. The van der Waals surface area contributed by atoms with Gasteiger partial charge in [0.2, 0.25) is 0 Å². The van der Waals surface area contributed by atoms with Gasteiger partial charge in [0.1, 0.15) is 0 Å². The molecule has 2 heterocycles. The van der Waals surface area contributed by atoms with Gasteiger partial charge in [-0.2, -0.15) is 11.8 Å². The van der Waals surface area contributed by atoms with Crippen molar-refractivity contribution >= 4 is 34.7 Å². The van der Waals surface area contributed by atoms with E-state index in [1.165, 1.54) is 29.5 Å². The van der Waals surface area contributed by atoms with Gasteiger partial charge in [0.15, 0.2) is 0 Å². The van der Waals surface area contributed by atoms with Crippen LogP contribution in [0.25, 0.3) is 0 Å². The Hall–Kier alpha value is 0.300. The maximum atomic E-state index is 5.87. The Bertz CT molecular complexity index is 268. The highest BCUT2D eigenvalue weighted by Gasteiger charge is 2.11. The van der Waals surface area contributed by atoms with Crippen LogP contribution in [0.5, 0.6) is 0 Å². The van der Waals surface area contributed by atoms with E-state index in [9.17, 15) is 0 Å². The summed E-state index contributed by atoms with van der Waals surface area (Å²) >= 11 is 9.68. The van der Waals surface area contributed by atoms with Crippen LogP contribution in [0, 0.1) is 0 Å². The fraction of sp³-hybridized carbons (Fsp3) is 0.556. The predicted octanol–water partition coefficient (Wildman–Crippen LogP) is 2.95. The molecule has 0 bridgehead atoms. The van der Waals surface area contributed by atoms with Gasteiger partial charge < -0.3 is 0 Å². The van der Waals surface area contributed by atoms with Crippen molar-refractivity contribution in [2.24, 2.45) is 0 Å². The highest BCUT2D eigenvalue weighted by atomic mass is 35.5. The summed E-state index contributed by atoms with van der Waals surface area (Å²) in [5, 5.41) is 2.89. The molecule has 2 rings (SSSR count). The molecule has 0 radical (unpaired) electrons. The van der Waals surface area contributed by atoms with Gasteiger partial charge >= 0.3 is 0 Å². The van der Waals surface area contributed by atoms with Crippen LogP contribution in [-0.4, -0.2) is 29.5 Å². The molecular weight excluding hydrogens is 222 g/mol. The standard InChI is InChI=1S/C9H12ClNS2/c10-8-5-9(13-7-8)6-11-1-3-12-4-2-11/h5,7H,1-4,6H2. The lowest BCUT2D eigenvalue weighted by molar-refractivity contribution is 0.297. The average molecular weight is 234 g/mol. The molecule has 0 saturated carbocycles. The van der Waals surface area contributed by atoms with Crippen LogP contribution < -0.4 is 0 Å². The van der Waals surface area contributed by atoms with Gasteiger partial charge in [0, 0.05) is 41.4 Å². The van der Waals surface area contributed by atoms with Crippen LogP contribution in [-0.2, 0) is 6.54 Å². The monoisotopic (exact) mass is 233 g/mol. The summed E-state index contributed by atoms with van der Waals surface area (Å²) in [7, 11) is 0. The van der Waals surface area contributed by atoms with Crippen molar-refractivity contribution in [1.82, 2.24) is 4.90 Å². The Kier molecular flexibility index (Phi) is 3.55. The van der Waals surface area contributed by atoms with Gasteiger partial charge in [-0.25, -0.2) is 0 Å². The van der Waals surface area contributed by atoms with Gasteiger partial charge in [0.25, 0.3) is 0 Å². The smallest absolute Gasteiger partial charge is 0.0516 e. The lowest BCUT2D eigenvalue weighted by Gasteiger charge is -2.25. The van der Waals surface area contributed by atoms with E-state index in [1.807, 2.05) is 5.38 Å². The molecule has 0 N–H and O–H groups in total. The first-order chi connectivity index (χ1) is 6.34. The number of hydrogen-bond acceptors (Lipinski definition) is 3. The second-order valence-corrected chi connectivity index (χ2v) is 5.78. The molecule has 4 heteroatoms. The van der Waals surface area contributed by atoms with E-state index in [0.717, 1.165) is 11.6 Å². The number of nitrogens with zero attached hydrogens (tertiary/aromatic N) is 1. The maximum Gasteiger partial charge on any atom is 0.0516 e. The zero-order chi connectivity index (χ0) is 9.10. The first kappa shape index (κ1) is 9.84. The zero-order valence-corrected chi connectivity index (χ0v) is 9.72. The lowest BCUT2D eigenvalue weighted by atomic mass is 10.4. The number of hydrogen-bond donors (Lipinski definition) is 0. The number of rotatable bonds is 2. The van der Waals surface area contributed by atoms with Gasteiger partial charge in [-0.05, 0) is 6.07 Å². The number of thiophene rings is 1. The van der Waals surface area contributed by atoms with E-state index in [0.29, 0.717) is 0 Å². The van der Waals surface area contributed by atoms with Crippen molar-refractivity contribution in [1.29, 1.82) is 0 Å². The van der Waals surface area contributed by atoms with Crippen molar-refractivity contribution in [3.8, 4) is 0 Å². The minimum Gasteiger partial charge on any atom is -0.297 e. The maximum absolute atomic E-state index is 5.87. The molecule has 1 nitrogen and oxygen atoms in total. The molecular formula is C9H12ClNS2. The van der Waals surface area contributed by atoms with Crippen molar-refractivity contribution in [3.63, 3.8) is 0 Å². The second-order valence-electron chi connectivity index (χ2n) is 3.12. The number of thioether (sulfide) groups is 1. The Morgan fingerprint density at radius 2 is 2.15 bits per heavy atom. The summed E-state index contributed by atoms with van der Waals surface area (Å²) in [5.41, 5.74) is 0. The van der Waals surface area contributed by atoms with E-state index >= 15 is 0 Å². The Morgan fingerprint density at radius 3 is 2.77 bits per heavy atom. The van der Waals surface area contributed by atoms with E-state index in [4.69, 9.17) is 11.6 Å². The lowest BCUT2D eigenvalue weighted by Crippen LogP contribution is -2.31. The fourth-order valence-electron chi connectivity index (χ4n) is 1.42. The van der Waals surface area contributed by atoms with Gasteiger partial charge in [-0.15, -0.1) is 11.3 Å². The van der Waals surface area contributed by atoms with Crippen molar-refractivity contribution in [2.45, 2.75) is 6.54 Å². The molecule has 1 aliphatic heterocycles. The molecule has 0 aromatic carbocycles. The molecule has 1 fully saturated rings. The second kappa shape index (κ2) is 4.69. The van der Waals surface area contributed by atoms with Gasteiger partial charge in [-0.3, -0.25) is 4.90 Å². The summed E-state index contributed by atoms with van der Waals surface area (Å²) in [6, 6.07) is 2.08. The molecule has 0 unspecified atom stereocenters. The summed E-state index contributed by atoms with van der Waals surface area (Å²) in [5.74, 6) is 2.55. The highest BCUT2D eigenvalue weighted by molar-refractivity contribution is 7.99. The van der Waals surface area contributed by atoms with Crippen LogP contribution in [0.3, 0.4) is 0 Å². The van der Waals surface area contributed by atoms with Crippen molar-refractivity contribution in [2.75, 3.05) is 24.6 Å². The topological polar surface area (TPSA) is 3.24 Å². The molecule has 0 atom stereocenters. The molecule has 0 spiro atoms. The molecule has 0 amide bonds.